The number of hydrogen-bond acceptors (Lipinski definition) is 4. The van der Waals surface area contributed by atoms with Crippen LogP contribution in [0.4, 0.5) is 13.2 Å². The second-order valence-corrected chi connectivity index (χ2v) is 6.19. The Morgan fingerprint density at radius 1 is 0.870 bits per heavy atom. The molecule has 2 N–H and O–H groups in total. The highest BCUT2D eigenvalue weighted by Crippen LogP contribution is 2.27. The van der Waals surface area contributed by atoms with E-state index < -0.39 is 16.4 Å². The summed E-state index contributed by atoms with van der Waals surface area (Å²) in [5.41, 5.74) is 0.494. The van der Waals surface area contributed by atoms with Gasteiger partial charge in [-0.05, 0) is 42.0 Å². The predicted octanol–water partition coefficient (Wildman–Crippen LogP) is 3.17. The van der Waals surface area contributed by atoms with Crippen LogP contribution in [0.1, 0.15) is 5.56 Å². The van der Waals surface area contributed by atoms with Gasteiger partial charge >= 0.3 is 6.36 Å². The fourth-order valence-corrected chi connectivity index (χ4v) is 2.39. The molecule has 0 aliphatic rings. The Labute approximate surface area is 130 Å². The first-order valence-electron chi connectivity index (χ1n) is 6.24. The van der Waals surface area contributed by atoms with Crippen LogP contribution in [0, 0.1) is 0 Å². The van der Waals surface area contributed by atoms with Gasteiger partial charge in [0.05, 0.1) is 5.75 Å². The minimum Gasteiger partial charge on any atom is -0.457 e. The lowest BCUT2D eigenvalue weighted by Crippen LogP contribution is -2.16. The molecule has 0 heterocycles. The van der Waals surface area contributed by atoms with E-state index >= 15 is 0 Å². The lowest BCUT2D eigenvalue weighted by atomic mass is 10.2. The first-order chi connectivity index (χ1) is 10.6. The molecule has 0 fully saturated rings. The number of sulfonamides is 1. The zero-order valence-electron chi connectivity index (χ0n) is 11.6. The molecule has 0 bridgehead atoms. The van der Waals surface area contributed by atoms with Crippen LogP contribution < -0.4 is 14.6 Å². The van der Waals surface area contributed by atoms with Gasteiger partial charge in [0.1, 0.15) is 17.2 Å². The van der Waals surface area contributed by atoms with E-state index in [4.69, 9.17) is 9.88 Å². The largest absolute Gasteiger partial charge is 0.573 e. The van der Waals surface area contributed by atoms with Gasteiger partial charge in [0, 0.05) is 0 Å². The number of alkyl halides is 3. The molecule has 0 radical (unpaired) electrons. The van der Waals surface area contributed by atoms with Crippen molar-refractivity contribution in [1.82, 2.24) is 0 Å². The van der Waals surface area contributed by atoms with Crippen LogP contribution in [0.15, 0.2) is 48.5 Å². The zero-order valence-corrected chi connectivity index (χ0v) is 12.4. The average molecular weight is 347 g/mol. The molecule has 0 saturated carbocycles. The van der Waals surface area contributed by atoms with Crippen LogP contribution in [-0.4, -0.2) is 14.8 Å². The monoisotopic (exact) mass is 347 g/mol. The Hall–Kier alpha value is -2.26. The number of hydrogen-bond donors (Lipinski definition) is 1. The van der Waals surface area contributed by atoms with E-state index in [0.717, 1.165) is 12.1 Å². The van der Waals surface area contributed by atoms with Crippen molar-refractivity contribution < 1.29 is 31.1 Å². The normalized spacial score (nSPS) is 12.0. The summed E-state index contributed by atoms with van der Waals surface area (Å²) in [6.45, 7) is 0. The summed E-state index contributed by atoms with van der Waals surface area (Å²) in [4.78, 5) is 0. The van der Waals surface area contributed by atoms with Crippen LogP contribution >= 0.6 is 0 Å². The van der Waals surface area contributed by atoms with Crippen molar-refractivity contribution in [3.63, 3.8) is 0 Å². The third kappa shape index (κ3) is 6.17. The maximum atomic E-state index is 12.0. The van der Waals surface area contributed by atoms with Crippen molar-refractivity contribution in [3.05, 3.63) is 54.1 Å². The average Bonchev–Trinajstić information content (AvgIpc) is 2.40. The Morgan fingerprint density at radius 3 is 1.74 bits per heavy atom. The zero-order chi connectivity index (χ0) is 17.1. The highest BCUT2D eigenvalue weighted by molar-refractivity contribution is 7.88. The smallest absolute Gasteiger partial charge is 0.457 e. The molecule has 2 rings (SSSR count). The van der Waals surface area contributed by atoms with Gasteiger partial charge in [0.25, 0.3) is 0 Å². The molecule has 0 aliphatic carbocycles. The third-order valence-electron chi connectivity index (χ3n) is 2.58. The van der Waals surface area contributed by atoms with E-state index in [2.05, 4.69) is 4.74 Å². The van der Waals surface area contributed by atoms with E-state index in [0.29, 0.717) is 17.1 Å². The molecule has 0 unspecified atom stereocenters. The molecular formula is C14H12F3NO4S. The van der Waals surface area contributed by atoms with E-state index in [9.17, 15) is 21.6 Å². The number of rotatable bonds is 5. The molecule has 0 aliphatic heterocycles. The molecule has 0 saturated heterocycles. The molecular weight excluding hydrogens is 335 g/mol. The van der Waals surface area contributed by atoms with E-state index in [1.54, 1.807) is 0 Å². The summed E-state index contributed by atoms with van der Waals surface area (Å²) in [6, 6.07) is 11.0. The predicted molar refractivity (Wildman–Crippen MR) is 76.5 cm³/mol. The van der Waals surface area contributed by atoms with E-state index in [-0.39, 0.29) is 11.5 Å². The highest BCUT2D eigenvalue weighted by atomic mass is 32.2. The fourth-order valence-electron chi connectivity index (χ4n) is 1.73. The molecule has 5 nitrogen and oxygen atoms in total. The Morgan fingerprint density at radius 2 is 1.30 bits per heavy atom. The maximum Gasteiger partial charge on any atom is 0.573 e. The van der Waals surface area contributed by atoms with Gasteiger partial charge in [-0.3, -0.25) is 0 Å². The number of ether oxygens (including phenoxy) is 2. The van der Waals surface area contributed by atoms with Gasteiger partial charge in [-0.15, -0.1) is 13.2 Å². The Bertz CT molecular complexity index is 756. The minimum absolute atomic E-state index is 0.295. The summed E-state index contributed by atoms with van der Waals surface area (Å²) in [7, 11) is -3.62. The van der Waals surface area contributed by atoms with E-state index in [1.165, 1.54) is 36.4 Å². The molecule has 0 aromatic heterocycles. The second-order valence-electron chi connectivity index (χ2n) is 4.57. The molecule has 2 aromatic rings. The quantitative estimate of drug-likeness (QED) is 0.901. The summed E-state index contributed by atoms with van der Waals surface area (Å²) < 4.78 is 67.2. The van der Waals surface area contributed by atoms with Crippen molar-refractivity contribution in [1.29, 1.82) is 0 Å². The molecule has 23 heavy (non-hydrogen) atoms. The van der Waals surface area contributed by atoms with Crippen molar-refractivity contribution >= 4 is 10.0 Å². The SMILES string of the molecule is NS(=O)(=O)Cc1ccc(Oc2ccc(OC(F)(F)F)cc2)cc1. The third-order valence-corrected chi connectivity index (χ3v) is 3.32. The van der Waals surface area contributed by atoms with Gasteiger partial charge in [-0.2, -0.15) is 0 Å². The summed E-state index contributed by atoms with van der Waals surface area (Å²) in [5.74, 6) is 0.0521. The number of benzene rings is 2. The number of halogens is 3. The van der Waals surface area contributed by atoms with Gasteiger partial charge in [0.2, 0.25) is 10.0 Å². The second kappa shape index (κ2) is 6.47. The van der Waals surface area contributed by atoms with Crippen molar-refractivity contribution in [2.45, 2.75) is 12.1 Å². The molecule has 124 valence electrons. The lowest BCUT2D eigenvalue weighted by molar-refractivity contribution is -0.274. The van der Waals surface area contributed by atoms with Crippen LogP contribution in [0.3, 0.4) is 0 Å². The topological polar surface area (TPSA) is 78.6 Å². The lowest BCUT2D eigenvalue weighted by Gasteiger charge is -2.10. The first-order valence-corrected chi connectivity index (χ1v) is 7.95. The van der Waals surface area contributed by atoms with Crippen molar-refractivity contribution in [2.75, 3.05) is 0 Å². The van der Waals surface area contributed by atoms with Crippen LogP contribution in [-0.2, 0) is 15.8 Å². The Kier molecular flexibility index (Phi) is 4.81. The number of primary sulfonamides is 1. The molecule has 9 heteroatoms. The molecule has 0 amide bonds. The molecule has 0 atom stereocenters. The van der Waals surface area contributed by atoms with Gasteiger partial charge in [-0.1, -0.05) is 12.1 Å². The first kappa shape index (κ1) is 17.1. The minimum atomic E-state index is -4.75. The fraction of sp³-hybridized carbons (Fsp3) is 0.143. The summed E-state index contributed by atoms with van der Waals surface area (Å²) in [5, 5.41) is 4.94. The van der Waals surface area contributed by atoms with Crippen molar-refractivity contribution in [3.8, 4) is 17.2 Å². The van der Waals surface area contributed by atoms with Crippen LogP contribution in [0.2, 0.25) is 0 Å². The van der Waals surface area contributed by atoms with Gasteiger partial charge < -0.3 is 9.47 Å². The van der Waals surface area contributed by atoms with Crippen molar-refractivity contribution in [2.24, 2.45) is 5.14 Å². The van der Waals surface area contributed by atoms with Crippen LogP contribution in [0.25, 0.3) is 0 Å². The van der Waals surface area contributed by atoms with Gasteiger partial charge in [-0.25, -0.2) is 13.6 Å². The standard InChI is InChI=1S/C14H12F3NO4S/c15-14(16,17)22-13-7-5-12(6-8-13)21-11-3-1-10(2-4-11)9-23(18,19)20/h1-8H,9H2,(H2,18,19,20). The number of nitrogens with two attached hydrogens (primary N) is 1. The summed E-state index contributed by atoms with van der Waals surface area (Å²) in [6.07, 6.45) is -4.75. The van der Waals surface area contributed by atoms with Gasteiger partial charge in [0.15, 0.2) is 0 Å². The highest BCUT2D eigenvalue weighted by Gasteiger charge is 2.30. The maximum absolute atomic E-state index is 12.0. The molecule has 2 aromatic carbocycles. The Balaban J connectivity index is 2.02. The summed E-state index contributed by atoms with van der Waals surface area (Å²) >= 11 is 0. The molecule has 0 spiro atoms. The van der Waals surface area contributed by atoms with E-state index in [1.807, 2.05) is 0 Å². The van der Waals surface area contributed by atoms with Crippen LogP contribution in [0.5, 0.6) is 17.2 Å².